The van der Waals surface area contributed by atoms with Gasteiger partial charge in [-0.15, -0.1) is 0 Å². The highest BCUT2D eigenvalue weighted by Gasteiger charge is 2.27. The smallest absolute Gasteiger partial charge is 0.299 e. The molecule has 5 rings (SSSR count). The number of ether oxygens (including phenoxy) is 1. The second-order valence-electron chi connectivity index (χ2n) is 8.21. The van der Waals surface area contributed by atoms with E-state index in [1.807, 2.05) is 32.7 Å². The zero-order valence-electron chi connectivity index (χ0n) is 18.4. The lowest BCUT2D eigenvalue weighted by Gasteiger charge is -2.29. The zero-order valence-corrected chi connectivity index (χ0v) is 18.4. The molecule has 0 bridgehead atoms. The lowest BCUT2D eigenvalue weighted by Crippen LogP contribution is -2.29. The summed E-state index contributed by atoms with van der Waals surface area (Å²) in [5, 5.41) is 13.4. The fourth-order valence-electron chi connectivity index (χ4n) is 4.33. The Morgan fingerprint density at radius 2 is 1.94 bits per heavy atom. The summed E-state index contributed by atoms with van der Waals surface area (Å²) in [5.41, 5.74) is 2.80. The fourth-order valence-corrected chi connectivity index (χ4v) is 4.33. The zero-order chi connectivity index (χ0) is 22.2. The van der Waals surface area contributed by atoms with Crippen molar-refractivity contribution in [2.45, 2.75) is 37.8 Å². The summed E-state index contributed by atoms with van der Waals surface area (Å²) < 4.78 is 11.4. The number of hydrogen-bond donors (Lipinski definition) is 1. The highest BCUT2D eigenvalue weighted by Crippen LogP contribution is 2.36. The predicted octanol–water partition coefficient (Wildman–Crippen LogP) is 2.53. The molecule has 1 aliphatic rings. The summed E-state index contributed by atoms with van der Waals surface area (Å²) in [6.07, 6.45) is 10.8. The largest absolute Gasteiger partial charge is 0.461 e. The minimum absolute atomic E-state index is 0.0286. The fraction of sp³-hybridized carbons (Fsp3) is 0.409. The van der Waals surface area contributed by atoms with Gasteiger partial charge in [0.25, 0.3) is 11.6 Å². The van der Waals surface area contributed by atoms with E-state index in [2.05, 4.69) is 31.1 Å². The number of aryl methyl sites for hydroxylation is 1. The van der Waals surface area contributed by atoms with E-state index in [0.29, 0.717) is 6.01 Å². The highest BCUT2D eigenvalue weighted by molar-refractivity contribution is 5.93. The van der Waals surface area contributed by atoms with E-state index < -0.39 is 0 Å². The van der Waals surface area contributed by atoms with E-state index in [0.717, 1.165) is 53.7 Å². The topological polar surface area (TPSA) is 105 Å². The van der Waals surface area contributed by atoms with Crippen LogP contribution in [0.5, 0.6) is 6.01 Å². The molecule has 0 unspecified atom stereocenters. The van der Waals surface area contributed by atoms with Crippen LogP contribution in [0.25, 0.3) is 22.2 Å². The number of anilines is 1. The van der Waals surface area contributed by atoms with Crippen LogP contribution in [0, 0.1) is 0 Å². The quantitative estimate of drug-likeness (QED) is 0.515. The number of aromatic nitrogens is 7. The Hall–Kier alpha value is -3.69. The van der Waals surface area contributed by atoms with Crippen molar-refractivity contribution in [1.29, 1.82) is 0 Å². The Balaban J connectivity index is 1.41. The predicted molar refractivity (Wildman–Crippen MR) is 121 cm³/mol. The van der Waals surface area contributed by atoms with Gasteiger partial charge >= 0.3 is 0 Å². The first-order chi connectivity index (χ1) is 15.5. The minimum Gasteiger partial charge on any atom is -0.461 e. The summed E-state index contributed by atoms with van der Waals surface area (Å²) in [4.78, 5) is 20.5. The van der Waals surface area contributed by atoms with Gasteiger partial charge in [0.2, 0.25) is 0 Å². The van der Waals surface area contributed by atoms with Gasteiger partial charge in [-0.05, 0) is 25.7 Å². The van der Waals surface area contributed by atoms with E-state index in [-0.39, 0.29) is 17.7 Å². The van der Waals surface area contributed by atoms with Gasteiger partial charge in [0, 0.05) is 62.8 Å². The van der Waals surface area contributed by atoms with E-state index in [4.69, 9.17) is 9.84 Å². The van der Waals surface area contributed by atoms with E-state index >= 15 is 0 Å². The van der Waals surface area contributed by atoms with Crippen LogP contribution in [0.2, 0.25) is 0 Å². The Morgan fingerprint density at radius 3 is 2.66 bits per heavy atom. The average molecular weight is 435 g/mol. The van der Waals surface area contributed by atoms with Crippen LogP contribution in [-0.4, -0.2) is 47.2 Å². The maximum Gasteiger partial charge on any atom is 0.299 e. The summed E-state index contributed by atoms with van der Waals surface area (Å²) in [7, 11) is 5.45. The molecule has 10 heteroatoms. The molecular formula is C22H26N8O2. The van der Waals surface area contributed by atoms with Crippen molar-refractivity contribution in [3.63, 3.8) is 0 Å². The van der Waals surface area contributed by atoms with Gasteiger partial charge in [0.05, 0.1) is 17.8 Å². The van der Waals surface area contributed by atoms with Crippen LogP contribution in [-0.2, 0) is 14.1 Å². The van der Waals surface area contributed by atoms with Gasteiger partial charge in [-0.3, -0.25) is 18.7 Å². The number of fused-ring (bicyclic) bond motifs is 1. The molecular weight excluding hydrogens is 408 g/mol. The molecule has 4 aromatic rings. The third-order valence-electron chi connectivity index (χ3n) is 6.11. The summed E-state index contributed by atoms with van der Waals surface area (Å²) in [5.74, 6) is 0.810. The molecule has 0 aliphatic heterocycles. The first kappa shape index (κ1) is 20.2. The molecule has 32 heavy (non-hydrogen) atoms. The van der Waals surface area contributed by atoms with Crippen LogP contribution in [0.3, 0.4) is 0 Å². The molecule has 0 saturated heterocycles. The standard InChI is InChI=1S/C22H26N8O2/c1-23-19-10-18-17(12-25-19)21(14-11-26-28(2)13-14)27-30(18)15-4-6-16(7-5-15)32-22-24-9-8-20(31)29(22)3/h8-13,15-16H,4-7H2,1-3H3,(H,23,25)/t15-,16+. The highest BCUT2D eigenvalue weighted by atomic mass is 16.5. The van der Waals surface area contributed by atoms with E-state index in [9.17, 15) is 4.79 Å². The summed E-state index contributed by atoms with van der Waals surface area (Å²) in [6, 6.07) is 4.10. The number of nitrogens with zero attached hydrogens (tertiary/aromatic N) is 7. The molecule has 1 aliphatic carbocycles. The SMILES string of the molecule is CNc1cc2c(cn1)c(-c1cnn(C)c1)nn2[C@H]1CC[C@@H](Oc2nccc(=O)n2C)CC1. The molecule has 1 N–H and O–H groups in total. The third-order valence-corrected chi connectivity index (χ3v) is 6.11. The van der Waals surface area contributed by atoms with E-state index in [1.165, 1.54) is 16.8 Å². The van der Waals surface area contributed by atoms with Crippen molar-refractivity contribution < 1.29 is 4.74 Å². The maximum absolute atomic E-state index is 11.8. The molecule has 4 heterocycles. The Bertz CT molecular complexity index is 1310. The maximum atomic E-state index is 11.8. The van der Waals surface area contributed by atoms with Crippen LogP contribution in [0.15, 0.2) is 41.7 Å². The van der Waals surface area contributed by atoms with Crippen molar-refractivity contribution in [3.05, 3.63) is 47.3 Å². The second kappa shape index (κ2) is 8.10. The van der Waals surface area contributed by atoms with Crippen molar-refractivity contribution in [2.75, 3.05) is 12.4 Å². The molecule has 0 atom stereocenters. The minimum atomic E-state index is -0.122. The first-order valence-electron chi connectivity index (χ1n) is 10.8. The Morgan fingerprint density at radius 1 is 1.12 bits per heavy atom. The van der Waals surface area contributed by atoms with Crippen LogP contribution in [0.4, 0.5) is 5.82 Å². The van der Waals surface area contributed by atoms with Crippen molar-refractivity contribution in [2.24, 2.45) is 14.1 Å². The molecule has 166 valence electrons. The normalized spacial score (nSPS) is 18.7. The molecule has 0 radical (unpaired) electrons. The molecule has 0 aromatic carbocycles. The van der Waals surface area contributed by atoms with Crippen LogP contribution >= 0.6 is 0 Å². The summed E-state index contributed by atoms with van der Waals surface area (Å²) >= 11 is 0. The first-order valence-corrected chi connectivity index (χ1v) is 10.8. The molecule has 4 aromatic heterocycles. The van der Waals surface area contributed by atoms with Gasteiger partial charge < -0.3 is 10.1 Å². The second-order valence-corrected chi connectivity index (χ2v) is 8.21. The molecule has 1 fully saturated rings. The van der Waals surface area contributed by atoms with Gasteiger partial charge in [-0.25, -0.2) is 9.97 Å². The van der Waals surface area contributed by atoms with Crippen LogP contribution < -0.4 is 15.6 Å². The van der Waals surface area contributed by atoms with Gasteiger partial charge in [0.1, 0.15) is 17.6 Å². The number of nitrogens with one attached hydrogen (secondary N) is 1. The van der Waals surface area contributed by atoms with Gasteiger partial charge in [-0.2, -0.15) is 10.2 Å². The number of pyridine rings is 1. The van der Waals surface area contributed by atoms with Crippen molar-refractivity contribution in [3.8, 4) is 17.3 Å². The molecule has 10 nitrogen and oxygen atoms in total. The Labute approximate surface area is 184 Å². The lowest BCUT2D eigenvalue weighted by molar-refractivity contribution is 0.115. The molecule has 1 saturated carbocycles. The molecule has 0 spiro atoms. The Kier molecular flexibility index (Phi) is 5.12. The van der Waals surface area contributed by atoms with Gasteiger partial charge in [0.15, 0.2) is 0 Å². The van der Waals surface area contributed by atoms with E-state index in [1.54, 1.807) is 11.7 Å². The van der Waals surface area contributed by atoms with Crippen LogP contribution in [0.1, 0.15) is 31.7 Å². The third kappa shape index (κ3) is 3.61. The van der Waals surface area contributed by atoms with Crippen molar-refractivity contribution in [1.82, 2.24) is 34.1 Å². The lowest BCUT2D eigenvalue weighted by atomic mass is 9.93. The number of rotatable bonds is 5. The summed E-state index contributed by atoms with van der Waals surface area (Å²) in [6.45, 7) is 0. The monoisotopic (exact) mass is 434 g/mol. The molecule has 0 amide bonds. The van der Waals surface area contributed by atoms with Gasteiger partial charge in [-0.1, -0.05) is 0 Å². The van der Waals surface area contributed by atoms with Crippen molar-refractivity contribution >= 4 is 16.7 Å². The number of hydrogen-bond acceptors (Lipinski definition) is 7. The average Bonchev–Trinajstić information content (AvgIpc) is 3.40.